The molecule has 0 radical (unpaired) electrons. The second-order valence-corrected chi connectivity index (χ2v) is 4.68. The van der Waals surface area contributed by atoms with Crippen LogP contribution in [-0.4, -0.2) is 52.6 Å². The Morgan fingerprint density at radius 2 is 2.00 bits per heavy atom. The lowest BCUT2D eigenvalue weighted by Gasteiger charge is -2.24. The summed E-state index contributed by atoms with van der Waals surface area (Å²) in [6.45, 7) is 3.98. The second-order valence-electron chi connectivity index (χ2n) is 4.68. The predicted molar refractivity (Wildman–Crippen MR) is 73.4 cm³/mol. The summed E-state index contributed by atoms with van der Waals surface area (Å²) in [5, 5.41) is 29.4. The van der Waals surface area contributed by atoms with Crippen LogP contribution in [0.4, 0.5) is 0 Å². The number of nitrogens with zero attached hydrogens (tertiary/aromatic N) is 1. The molecule has 0 heterocycles. The predicted octanol–water partition coefficient (Wildman–Crippen LogP) is 1.03. The third kappa shape index (κ3) is 9.86. The molecule has 114 valence electrons. The van der Waals surface area contributed by atoms with Gasteiger partial charge in [-0.1, -0.05) is 26.2 Å². The summed E-state index contributed by atoms with van der Waals surface area (Å²) < 4.78 is 4.92. The summed E-state index contributed by atoms with van der Waals surface area (Å²) in [6, 6.07) is -0.420. The fraction of sp³-hybridized carbons (Fsp3) is 0.846. The summed E-state index contributed by atoms with van der Waals surface area (Å²) in [5.74, 6) is 0. The van der Waals surface area contributed by atoms with E-state index in [1.165, 1.54) is 19.4 Å². The molecule has 0 fully saturated rings. The van der Waals surface area contributed by atoms with Gasteiger partial charge < -0.3 is 14.9 Å². The molecule has 0 spiro atoms. The van der Waals surface area contributed by atoms with E-state index in [-0.39, 0.29) is 6.61 Å². The monoisotopic (exact) mass is 276 g/mol. The summed E-state index contributed by atoms with van der Waals surface area (Å²) in [7, 11) is 1.52. The average Bonchev–Trinajstić information content (AvgIpc) is 2.36. The molecule has 0 saturated carbocycles. The maximum Gasteiger partial charge on any atom is 0.0776 e. The Morgan fingerprint density at radius 3 is 2.53 bits per heavy atom. The quantitative estimate of drug-likeness (QED) is 0.333. The van der Waals surface area contributed by atoms with Crippen molar-refractivity contribution in [2.45, 2.75) is 57.8 Å². The van der Waals surface area contributed by atoms with E-state index in [1.807, 2.05) is 0 Å². The molecule has 6 heteroatoms. The van der Waals surface area contributed by atoms with Crippen LogP contribution in [0.15, 0.2) is 12.3 Å². The Morgan fingerprint density at radius 1 is 1.32 bits per heavy atom. The molecule has 3 atom stereocenters. The molecule has 1 unspecified atom stereocenters. The normalized spacial score (nSPS) is 16.5. The van der Waals surface area contributed by atoms with Crippen LogP contribution < -0.4 is 5.43 Å². The van der Waals surface area contributed by atoms with Gasteiger partial charge in [-0.2, -0.15) is 5.17 Å². The maximum atomic E-state index is 9.64. The van der Waals surface area contributed by atoms with Gasteiger partial charge in [-0.15, -0.1) is 0 Å². The number of hydroxylamine groups is 1. The fourth-order valence-corrected chi connectivity index (χ4v) is 1.56. The summed E-state index contributed by atoms with van der Waals surface area (Å²) >= 11 is 0. The number of hydrazine groups is 1. The molecule has 0 aliphatic heterocycles. The van der Waals surface area contributed by atoms with Crippen LogP contribution in [0.1, 0.15) is 39.5 Å². The molecular weight excluding hydrogens is 248 g/mol. The van der Waals surface area contributed by atoms with Crippen molar-refractivity contribution in [3.63, 3.8) is 0 Å². The van der Waals surface area contributed by atoms with E-state index >= 15 is 0 Å². The van der Waals surface area contributed by atoms with Crippen LogP contribution in [0, 0.1) is 0 Å². The van der Waals surface area contributed by atoms with Gasteiger partial charge in [-0.05, 0) is 19.4 Å². The van der Waals surface area contributed by atoms with Crippen molar-refractivity contribution in [2.75, 3.05) is 13.7 Å². The van der Waals surface area contributed by atoms with Crippen LogP contribution in [0.5, 0.6) is 0 Å². The van der Waals surface area contributed by atoms with Crippen molar-refractivity contribution in [2.24, 2.45) is 0 Å². The molecule has 6 nitrogen and oxygen atoms in total. The minimum Gasteiger partial charge on any atom is -0.392 e. The van der Waals surface area contributed by atoms with E-state index < -0.39 is 18.2 Å². The first-order valence-corrected chi connectivity index (χ1v) is 6.78. The lowest BCUT2D eigenvalue weighted by Crippen LogP contribution is -2.48. The summed E-state index contributed by atoms with van der Waals surface area (Å²) in [4.78, 5) is 0. The Kier molecular flexibility index (Phi) is 10.8. The second kappa shape index (κ2) is 11.2. The lowest BCUT2D eigenvalue weighted by molar-refractivity contribution is -0.118. The number of aliphatic hydroxyl groups excluding tert-OH is 2. The highest BCUT2D eigenvalue weighted by molar-refractivity contribution is 4.86. The highest BCUT2D eigenvalue weighted by Gasteiger charge is 2.15. The fourth-order valence-electron chi connectivity index (χ4n) is 1.56. The highest BCUT2D eigenvalue weighted by Crippen LogP contribution is 2.04. The van der Waals surface area contributed by atoms with Gasteiger partial charge in [0.05, 0.1) is 24.9 Å². The first-order valence-electron chi connectivity index (χ1n) is 6.78. The highest BCUT2D eigenvalue weighted by atomic mass is 16.5. The number of rotatable bonds is 11. The van der Waals surface area contributed by atoms with Gasteiger partial charge in [-0.3, -0.25) is 5.21 Å². The van der Waals surface area contributed by atoms with E-state index in [0.29, 0.717) is 6.42 Å². The molecule has 0 saturated heterocycles. The number of methoxy groups -OCH3 is 1. The number of nitrogens with one attached hydrogen (secondary N) is 1. The van der Waals surface area contributed by atoms with Crippen molar-refractivity contribution in [1.82, 2.24) is 10.6 Å². The van der Waals surface area contributed by atoms with Crippen LogP contribution in [0.3, 0.4) is 0 Å². The molecule has 19 heavy (non-hydrogen) atoms. The van der Waals surface area contributed by atoms with E-state index in [1.54, 1.807) is 6.92 Å². The molecule has 4 N–H and O–H groups in total. The van der Waals surface area contributed by atoms with Crippen molar-refractivity contribution in [3.8, 4) is 0 Å². The third-order valence-electron chi connectivity index (χ3n) is 2.78. The van der Waals surface area contributed by atoms with Crippen LogP contribution >= 0.6 is 0 Å². The number of unbranched alkanes of at least 4 members (excludes halogenated alkanes) is 2. The first kappa shape index (κ1) is 18.3. The molecule has 0 aromatic rings. The molecular formula is C13H28N2O4. The lowest BCUT2D eigenvalue weighted by atomic mass is 10.1. The van der Waals surface area contributed by atoms with Gasteiger partial charge in [0.15, 0.2) is 0 Å². The summed E-state index contributed by atoms with van der Waals surface area (Å²) in [6.07, 6.45) is 5.43. The van der Waals surface area contributed by atoms with Crippen molar-refractivity contribution < 1.29 is 20.2 Å². The third-order valence-corrected chi connectivity index (χ3v) is 2.78. The molecule has 0 rings (SSSR count). The topological polar surface area (TPSA) is 85.2 Å². The Labute approximate surface area is 115 Å². The smallest absolute Gasteiger partial charge is 0.0776 e. The largest absolute Gasteiger partial charge is 0.392 e. The maximum absolute atomic E-state index is 9.64. The molecule has 0 aromatic carbocycles. The zero-order valence-corrected chi connectivity index (χ0v) is 12.1. The SMILES string of the molecule is CCCCCC(O)/C=C/N(O)N[C@@H](COC)[C@H](C)O. The van der Waals surface area contributed by atoms with E-state index in [0.717, 1.165) is 24.4 Å². The van der Waals surface area contributed by atoms with Gasteiger partial charge in [0.1, 0.15) is 0 Å². The van der Waals surface area contributed by atoms with Gasteiger partial charge >= 0.3 is 0 Å². The molecule has 0 aromatic heterocycles. The number of hydrogen-bond donors (Lipinski definition) is 4. The molecule has 0 bridgehead atoms. The van der Waals surface area contributed by atoms with Crippen LogP contribution in [0.2, 0.25) is 0 Å². The van der Waals surface area contributed by atoms with E-state index in [4.69, 9.17) is 4.74 Å². The van der Waals surface area contributed by atoms with Crippen molar-refractivity contribution >= 4 is 0 Å². The summed E-state index contributed by atoms with van der Waals surface area (Å²) in [5.41, 5.74) is 2.66. The zero-order valence-electron chi connectivity index (χ0n) is 12.1. The molecule has 0 aliphatic rings. The number of ether oxygens (including phenoxy) is 1. The minimum atomic E-state index is -0.669. The van der Waals surface area contributed by atoms with Gasteiger partial charge in [0.25, 0.3) is 0 Å². The zero-order chi connectivity index (χ0) is 14.7. The Hall–Kier alpha value is -0.660. The Balaban J connectivity index is 4.02. The van der Waals surface area contributed by atoms with Crippen molar-refractivity contribution in [3.05, 3.63) is 12.3 Å². The average molecular weight is 276 g/mol. The molecule has 0 amide bonds. The van der Waals surface area contributed by atoms with Crippen molar-refractivity contribution in [1.29, 1.82) is 0 Å². The van der Waals surface area contributed by atoms with Gasteiger partial charge in [0, 0.05) is 13.3 Å². The molecule has 0 aliphatic carbocycles. The Bertz CT molecular complexity index is 237. The standard InChI is InChI=1S/C13H28N2O4/c1-4-5-6-7-12(17)8-9-15(18)14-13(10-19-3)11(2)16/h8-9,11-14,16-18H,4-7,10H2,1-3H3/b9-8+/t11-,12?,13-/m0/s1. The van der Waals surface area contributed by atoms with Crippen LogP contribution in [-0.2, 0) is 4.74 Å². The van der Waals surface area contributed by atoms with Gasteiger partial charge in [0.2, 0.25) is 0 Å². The van der Waals surface area contributed by atoms with E-state index in [9.17, 15) is 15.4 Å². The van der Waals surface area contributed by atoms with E-state index in [2.05, 4.69) is 12.3 Å². The van der Waals surface area contributed by atoms with Gasteiger partial charge in [-0.25, -0.2) is 5.43 Å². The number of hydrogen-bond acceptors (Lipinski definition) is 6. The minimum absolute atomic E-state index is 0.265. The first-order chi connectivity index (χ1) is 9.01. The number of aliphatic hydroxyl groups is 2. The van der Waals surface area contributed by atoms with Crippen LogP contribution in [0.25, 0.3) is 0 Å².